The molecule has 0 amide bonds. The Morgan fingerprint density at radius 1 is 1.40 bits per heavy atom. The highest BCUT2D eigenvalue weighted by Gasteiger charge is 2.22. The number of nitro groups is 1. The molecule has 1 aromatic carbocycles. The third-order valence-electron chi connectivity index (χ3n) is 2.74. The maximum absolute atomic E-state index is 11.9. The van der Waals surface area contributed by atoms with Crippen LogP contribution in [-0.2, 0) is 9.53 Å². The van der Waals surface area contributed by atoms with Gasteiger partial charge in [0, 0.05) is 29.2 Å². The fourth-order valence-electron chi connectivity index (χ4n) is 1.78. The molecule has 0 aliphatic rings. The summed E-state index contributed by atoms with van der Waals surface area (Å²) in [5, 5.41) is 11.1. The van der Waals surface area contributed by atoms with E-state index in [1.807, 2.05) is 6.92 Å². The van der Waals surface area contributed by atoms with Crippen LogP contribution in [0.1, 0.15) is 23.7 Å². The van der Waals surface area contributed by atoms with Crippen molar-refractivity contribution in [3.8, 4) is 0 Å². The largest absolute Gasteiger partial charge is 0.460 e. The average molecular weight is 276 g/mol. The SMILES string of the molecule is CCCOC(=O)C(=O)c1c[nH]c2ccc([N+](=O)[O-])cc12. The summed E-state index contributed by atoms with van der Waals surface area (Å²) in [6, 6.07) is 4.07. The van der Waals surface area contributed by atoms with Gasteiger partial charge in [0.25, 0.3) is 11.5 Å². The molecule has 0 bridgehead atoms. The van der Waals surface area contributed by atoms with Crippen molar-refractivity contribution in [1.29, 1.82) is 0 Å². The molecule has 20 heavy (non-hydrogen) atoms. The average Bonchev–Trinajstić information content (AvgIpc) is 2.86. The third-order valence-corrected chi connectivity index (χ3v) is 2.74. The first kappa shape index (κ1) is 13.7. The van der Waals surface area contributed by atoms with Gasteiger partial charge < -0.3 is 9.72 Å². The summed E-state index contributed by atoms with van der Waals surface area (Å²) in [6.07, 6.45) is 1.96. The van der Waals surface area contributed by atoms with Gasteiger partial charge in [-0.15, -0.1) is 0 Å². The second-order valence-corrected chi connectivity index (χ2v) is 4.15. The van der Waals surface area contributed by atoms with Crippen molar-refractivity contribution in [1.82, 2.24) is 4.98 Å². The lowest BCUT2D eigenvalue weighted by molar-refractivity contribution is -0.384. The van der Waals surface area contributed by atoms with Crippen LogP contribution in [0.25, 0.3) is 10.9 Å². The number of Topliss-reactive ketones (excluding diaryl/α,β-unsaturated/α-hetero) is 1. The zero-order valence-corrected chi connectivity index (χ0v) is 10.7. The second kappa shape index (κ2) is 5.52. The van der Waals surface area contributed by atoms with Crippen molar-refractivity contribution in [2.24, 2.45) is 0 Å². The molecule has 0 unspecified atom stereocenters. The number of nitro benzene ring substituents is 1. The minimum absolute atomic E-state index is 0.0739. The number of non-ortho nitro benzene ring substituents is 1. The smallest absolute Gasteiger partial charge is 0.379 e. The first-order valence-electron chi connectivity index (χ1n) is 6.01. The number of esters is 1. The molecule has 1 N–H and O–H groups in total. The Hall–Kier alpha value is -2.70. The number of benzene rings is 1. The predicted molar refractivity (Wildman–Crippen MR) is 70.5 cm³/mol. The minimum atomic E-state index is -0.959. The fraction of sp³-hybridized carbons (Fsp3) is 0.231. The molecule has 0 saturated carbocycles. The van der Waals surface area contributed by atoms with Gasteiger partial charge in [0.1, 0.15) is 0 Å². The van der Waals surface area contributed by atoms with Gasteiger partial charge in [0.2, 0.25) is 0 Å². The van der Waals surface area contributed by atoms with E-state index in [0.717, 1.165) is 0 Å². The standard InChI is InChI=1S/C13H12N2O5/c1-2-5-20-13(17)12(16)10-7-14-11-4-3-8(15(18)19)6-9(10)11/h3-4,6-7,14H,2,5H2,1H3. The third kappa shape index (κ3) is 2.51. The first-order valence-corrected chi connectivity index (χ1v) is 6.01. The number of aromatic nitrogens is 1. The number of hydrogen-bond acceptors (Lipinski definition) is 5. The van der Waals surface area contributed by atoms with Crippen LogP contribution in [0.5, 0.6) is 0 Å². The summed E-state index contributed by atoms with van der Waals surface area (Å²) >= 11 is 0. The monoisotopic (exact) mass is 276 g/mol. The Kier molecular flexibility index (Phi) is 3.79. The van der Waals surface area contributed by atoms with Crippen LogP contribution in [0.3, 0.4) is 0 Å². The molecule has 2 aromatic rings. The maximum atomic E-state index is 11.9. The quantitative estimate of drug-likeness (QED) is 0.296. The molecule has 0 aliphatic carbocycles. The number of carbonyl (C=O) groups excluding carboxylic acids is 2. The molecule has 0 fully saturated rings. The van der Waals surface area contributed by atoms with Crippen LogP contribution in [0.4, 0.5) is 5.69 Å². The molecule has 0 radical (unpaired) electrons. The number of fused-ring (bicyclic) bond motifs is 1. The number of aromatic amines is 1. The molecule has 0 aliphatic heterocycles. The lowest BCUT2D eigenvalue weighted by atomic mass is 10.1. The van der Waals surface area contributed by atoms with Crippen molar-refractivity contribution in [3.05, 3.63) is 40.1 Å². The van der Waals surface area contributed by atoms with E-state index in [-0.39, 0.29) is 17.9 Å². The van der Waals surface area contributed by atoms with Gasteiger partial charge in [-0.3, -0.25) is 14.9 Å². The molecule has 7 nitrogen and oxygen atoms in total. The first-order chi connectivity index (χ1) is 9.54. The summed E-state index contributed by atoms with van der Waals surface area (Å²) < 4.78 is 4.77. The lowest BCUT2D eigenvalue weighted by Gasteiger charge is -2.01. The zero-order valence-electron chi connectivity index (χ0n) is 10.7. The number of ether oxygens (including phenoxy) is 1. The Labute approximate surface area is 113 Å². The molecule has 0 atom stereocenters. The van der Waals surface area contributed by atoms with Gasteiger partial charge in [0.05, 0.1) is 17.1 Å². The van der Waals surface area contributed by atoms with E-state index in [4.69, 9.17) is 4.74 Å². The molecule has 7 heteroatoms. The van der Waals surface area contributed by atoms with E-state index >= 15 is 0 Å². The number of hydrogen-bond donors (Lipinski definition) is 1. The number of H-pyrrole nitrogens is 1. The van der Waals surface area contributed by atoms with Gasteiger partial charge in [-0.25, -0.2) is 4.79 Å². The summed E-state index contributed by atoms with van der Waals surface area (Å²) in [4.78, 5) is 36.5. The second-order valence-electron chi connectivity index (χ2n) is 4.15. The Morgan fingerprint density at radius 2 is 2.15 bits per heavy atom. The molecule has 2 rings (SSSR count). The van der Waals surface area contributed by atoms with E-state index in [2.05, 4.69) is 4.98 Å². The van der Waals surface area contributed by atoms with E-state index in [9.17, 15) is 19.7 Å². The van der Waals surface area contributed by atoms with Crippen molar-refractivity contribution >= 4 is 28.3 Å². The van der Waals surface area contributed by atoms with Crippen LogP contribution >= 0.6 is 0 Å². The van der Waals surface area contributed by atoms with Crippen LogP contribution in [0.15, 0.2) is 24.4 Å². The highest BCUT2D eigenvalue weighted by atomic mass is 16.6. The van der Waals surface area contributed by atoms with Gasteiger partial charge in [-0.2, -0.15) is 0 Å². The predicted octanol–water partition coefficient (Wildman–Crippen LogP) is 2.21. The highest BCUT2D eigenvalue weighted by Crippen LogP contribution is 2.24. The number of nitrogens with zero attached hydrogens (tertiary/aromatic N) is 1. The van der Waals surface area contributed by atoms with Crippen LogP contribution in [0, 0.1) is 10.1 Å². The summed E-state index contributed by atoms with van der Waals surface area (Å²) in [5.41, 5.74) is 0.472. The Bertz CT molecular complexity index is 689. The minimum Gasteiger partial charge on any atom is -0.460 e. The molecule has 104 valence electrons. The topological polar surface area (TPSA) is 102 Å². The van der Waals surface area contributed by atoms with Crippen LogP contribution < -0.4 is 0 Å². The maximum Gasteiger partial charge on any atom is 0.379 e. The molecular formula is C13H12N2O5. The molecule has 1 heterocycles. The normalized spacial score (nSPS) is 10.4. The molecular weight excluding hydrogens is 264 g/mol. The summed E-state index contributed by atoms with van der Waals surface area (Å²) in [5.74, 6) is -1.77. The van der Waals surface area contributed by atoms with Crippen LogP contribution in [0.2, 0.25) is 0 Å². The molecule has 0 spiro atoms. The molecule has 0 saturated heterocycles. The number of nitrogens with one attached hydrogen (secondary N) is 1. The summed E-state index contributed by atoms with van der Waals surface area (Å²) in [6.45, 7) is 1.97. The van der Waals surface area contributed by atoms with Gasteiger partial charge in [-0.05, 0) is 12.5 Å². The van der Waals surface area contributed by atoms with Crippen molar-refractivity contribution in [2.75, 3.05) is 6.61 Å². The van der Waals surface area contributed by atoms with E-state index in [1.54, 1.807) is 0 Å². The lowest BCUT2D eigenvalue weighted by Crippen LogP contribution is -2.17. The van der Waals surface area contributed by atoms with Gasteiger partial charge >= 0.3 is 5.97 Å². The van der Waals surface area contributed by atoms with E-state index in [0.29, 0.717) is 17.3 Å². The van der Waals surface area contributed by atoms with Gasteiger partial charge in [-0.1, -0.05) is 6.92 Å². The zero-order chi connectivity index (χ0) is 14.7. The number of carbonyl (C=O) groups is 2. The Morgan fingerprint density at radius 3 is 2.80 bits per heavy atom. The van der Waals surface area contributed by atoms with Crippen molar-refractivity contribution in [2.45, 2.75) is 13.3 Å². The van der Waals surface area contributed by atoms with Crippen molar-refractivity contribution < 1.29 is 19.2 Å². The highest BCUT2D eigenvalue weighted by molar-refractivity contribution is 6.43. The number of ketones is 1. The fourth-order valence-corrected chi connectivity index (χ4v) is 1.78. The summed E-state index contributed by atoms with van der Waals surface area (Å²) in [7, 11) is 0. The van der Waals surface area contributed by atoms with Gasteiger partial charge in [0.15, 0.2) is 0 Å². The van der Waals surface area contributed by atoms with Crippen molar-refractivity contribution in [3.63, 3.8) is 0 Å². The van der Waals surface area contributed by atoms with Crippen LogP contribution in [-0.4, -0.2) is 28.3 Å². The van der Waals surface area contributed by atoms with E-state index in [1.165, 1.54) is 24.4 Å². The molecule has 1 aromatic heterocycles. The Balaban J connectivity index is 2.39. The number of rotatable bonds is 5. The van der Waals surface area contributed by atoms with E-state index < -0.39 is 16.7 Å².